The van der Waals surface area contributed by atoms with Crippen molar-refractivity contribution in [3.63, 3.8) is 0 Å². The van der Waals surface area contributed by atoms with E-state index in [0.29, 0.717) is 0 Å². The SMILES string of the molecule is C\C=C/C=C(\C=C/C)CC/N=C\C. The topological polar surface area (TPSA) is 12.4 Å². The molecule has 0 heterocycles. The number of nitrogens with zero attached hydrogens (tertiary/aromatic N) is 1. The van der Waals surface area contributed by atoms with E-state index in [1.807, 2.05) is 33.1 Å². The quantitative estimate of drug-likeness (QED) is 0.450. The van der Waals surface area contributed by atoms with Gasteiger partial charge in [-0.05, 0) is 39.0 Å². The lowest BCUT2D eigenvalue weighted by Crippen LogP contribution is -1.84. The minimum absolute atomic E-state index is 0.879. The third-order valence-electron chi connectivity index (χ3n) is 1.60. The Hall–Kier alpha value is -1.11. The predicted molar refractivity (Wildman–Crippen MR) is 61.4 cm³/mol. The van der Waals surface area contributed by atoms with E-state index in [-0.39, 0.29) is 0 Å². The van der Waals surface area contributed by atoms with Crippen LogP contribution in [0.4, 0.5) is 0 Å². The minimum Gasteiger partial charge on any atom is -0.297 e. The summed E-state index contributed by atoms with van der Waals surface area (Å²) in [5, 5.41) is 0. The first-order chi connectivity index (χ1) is 6.35. The molecule has 72 valence electrons. The Balaban J connectivity index is 4.09. The molecule has 1 nitrogen and oxygen atoms in total. The number of aliphatic imine (C=N–C) groups is 1. The predicted octanol–water partition coefficient (Wildman–Crippen LogP) is 3.55. The van der Waals surface area contributed by atoms with Gasteiger partial charge in [-0.3, -0.25) is 4.99 Å². The third-order valence-corrected chi connectivity index (χ3v) is 1.60. The maximum atomic E-state index is 4.18. The Morgan fingerprint density at radius 1 is 1.15 bits per heavy atom. The summed E-state index contributed by atoms with van der Waals surface area (Å²) in [5.74, 6) is 0. The molecule has 0 bridgehead atoms. The first kappa shape index (κ1) is 11.9. The Morgan fingerprint density at radius 3 is 2.46 bits per heavy atom. The van der Waals surface area contributed by atoms with Crippen LogP contribution in [0.5, 0.6) is 0 Å². The van der Waals surface area contributed by atoms with Crippen LogP contribution >= 0.6 is 0 Å². The second kappa shape index (κ2) is 8.98. The largest absolute Gasteiger partial charge is 0.297 e. The van der Waals surface area contributed by atoms with Crippen LogP contribution in [0.1, 0.15) is 27.2 Å². The summed E-state index contributed by atoms with van der Waals surface area (Å²) in [6.07, 6.45) is 13.3. The van der Waals surface area contributed by atoms with Gasteiger partial charge in [-0.25, -0.2) is 0 Å². The molecule has 1 heteroatoms. The molecular weight excluding hydrogens is 158 g/mol. The molecule has 13 heavy (non-hydrogen) atoms. The van der Waals surface area contributed by atoms with Crippen LogP contribution in [-0.2, 0) is 0 Å². The fourth-order valence-electron chi connectivity index (χ4n) is 0.979. The van der Waals surface area contributed by atoms with Gasteiger partial charge in [0.25, 0.3) is 0 Å². The average molecular weight is 177 g/mol. The molecule has 0 N–H and O–H groups in total. The number of hydrogen-bond donors (Lipinski definition) is 0. The lowest BCUT2D eigenvalue weighted by atomic mass is 10.1. The fourth-order valence-corrected chi connectivity index (χ4v) is 0.979. The molecule has 0 aromatic heterocycles. The van der Waals surface area contributed by atoms with Gasteiger partial charge in [0.2, 0.25) is 0 Å². The highest BCUT2D eigenvalue weighted by Crippen LogP contribution is 2.04. The number of allylic oxidation sites excluding steroid dienone is 5. The molecule has 0 atom stereocenters. The molecule has 0 amide bonds. The van der Waals surface area contributed by atoms with Crippen LogP contribution in [-0.4, -0.2) is 12.8 Å². The molecule has 0 aromatic rings. The summed E-state index contributed by atoms with van der Waals surface area (Å²) in [4.78, 5) is 4.18. The fraction of sp³-hybridized carbons (Fsp3) is 0.417. The highest BCUT2D eigenvalue weighted by atomic mass is 14.7. The molecule has 0 radical (unpaired) electrons. The van der Waals surface area contributed by atoms with E-state index in [1.165, 1.54) is 5.57 Å². The van der Waals surface area contributed by atoms with Gasteiger partial charge in [0.05, 0.1) is 0 Å². The van der Waals surface area contributed by atoms with E-state index < -0.39 is 0 Å². The smallest absolute Gasteiger partial charge is 0.0425 e. The van der Waals surface area contributed by atoms with Crippen molar-refractivity contribution in [1.82, 2.24) is 0 Å². The molecule has 0 saturated heterocycles. The molecule has 0 fully saturated rings. The van der Waals surface area contributed by atoms with Gasteiger partial charge in [-0.2, -0.15) is 0 Å². The van der Waals surface area contributed by atoms with Gasteiger partial charge in [0.1, 0.15) is 0 Å². The van der Waals surface area contributed by atoms with Crippen molar-refractivity contribution in [3.8, 4) is 0 Å². The van der Waals surface area contributed by atoms with Gasteiger partial charge >= 0.3 is 0 Å². The molecule has 0 aliphatic heterocycles. The molecule has 0 rings (SSSR count). The normalized spacial score (nSPS) is 13.9. The van der Waals surface area contributed by atoms with Gasteiger partial charge in [-0.1, -0.05) is 30.4 Å². The first-order valence-electron chi connectivity index (χ1n) is 4.74. The summed E-state index contributed by atoms with van der Waals surface area (Å²) >= 11 is 0. The maximum Gasteiger partial charge on any atom is 0.0425 e. The van der Waals surface area contributed by atoms with Crippen LogP contribution < -0.4 is 0 Å². The minimum atomic E-state index is 0.879. The number of rotatable bonds is 5. The van der Waals surface area contributed by atoms with Gasteiger partial charge in [0.15, 0.2) is 0 Å². The van der Waals surface area contributed by atoms with Gasteiger partial charge in [-0.15, -0.1) is 0 Å². The molecule has 0 spiro atoms. The third kappa shape index (κ3) is 7.26. The lowest BCUT2D eigenvalue weighted by molar-refractivity contribution is 0.976. The summed E-state index contributed by atoms with van der Waals surface area (Å²) in [7, 11) is 0. The zero-order valence-corrected chi connectivity index (χ0v) is 8.83. The molecule has 0 aliphatic carbocycles. The van der Waals surface area contributed by atoms with Crippen LogP contribution in [0, 0.1) is 0 Å². The highest BCUT2D eigenvalue weighted by Gasteiger charge is 1.88. The second-order valence-corrected chi connectivity index (χ2v) is 2.68. The molecular formula is C12H19N. The summed E-state index contributed by atoms with van der Waals surface area (Å²) < 4.78 is 0. The van der Waals surface area contributed by atoms with Crippen LogP contribution in [0.15, 0.2) is 40.9 Å². The lowest BCUT2D eigenvalue weighted by Gasteiger charge is -1.96. The van der Waals surface area contributed by atoms with Crippen LogP contribution in [0.3, 0.4) is 0 Å². The Morgan fingerprint density at radius 2 is 1.92 bits per heavy atom. The van der Waals surface area contributed by atoms with E-state index >= 15 is 0 Å². The molecule has 0 aliphatic rings. The zero-order valence-electron chi connectivity index (χ0n) is 8.83. The van der Waals surface area contributed by atoms with E-state index in [4.69, 9.17) is 0 Å². The van der Waals surface area contributed by atoms with E-state index in [0.717, 1.165) is 13.0 Å². The van der Waals surface area contributed by atoms with Crippen LogP contribution in [0.2, 0.25) is 0 Å². The zero-order chi connectivity index (χ0) is 9.94. The molecule has 0 aromatic carbocycles. The van der Waals surface area contributed by atoms with Crippen molar-refractivity contribution in [2.24, 2.45) is 4.99 Å². The highest BCUT2D eigenvalue weighted by molar-refractivity contribution is 5.53. The first-order valence-corrected chi connectivity index (χ1v) is 4.74. The summed E-state index contributed by atoms with van der Waals surface area (Å²) in [5.41, 5.74) is 1.33. The van der Waals surface area contributed by atoms with E-state index in [9.17, 15) is 0 Å². The van der Waals surface area contributed by atoms with E-state index in [2.05, 4.69) is 29.3 Å². The Bertz CT molecular complexity index is 219. The van der Waals surface area contributed by atoms with Crippen molar-refractivity contribution < 1.29 is 0 Å². The molecule has 0 saturated carbocycles. The van der Waals surface area contributed by atoms with Crippen molar-refractivity contribution in [2.45, 2.75) is 27.2 Å². The summed E-state index contributed by atoms with van der Waals surface area (Å²) in [6.45, 7) is 6.88. The van der Waals surface area contributed by atoms with Crippen LogP contribution in [0.25, 0.3) is 0 Å². The monoisotopic (exact) mass is 177 g/mol. The van der Waals surface area contributed by atoms with Crippen molar-refractivity contribution in [1.29, 1.82) is 0 Å². The summed E-state index contributed by atoms with van der Waals surface area (Å²) in [6, 6.07) is 0. The molecule has 0 unspecified atom stereocenters. The standard InChI is InChI=1S/C12H19N/c1-4-7-9-12(8-5-2)10-11-13-6-3/h4-9H,10-11H2,1-3H3/b7-4-,8-5-,12-9+,13-6-. The van der Waals surface area contributed by atoms with Gasteiger partial charge < -0.3 is 0 Å². The van der Waals surface area contributed by atoms with E-state index in [1.54, 1.807) is 0 Å². The van der Waals surface area contributed by atoms with Crippen molar-refractivity contribution in [2.75, 3.05) is 6.54 Å². The van der Waals surface area contributed by atoms with Crippen molar-refractivity contribution in [3.05, 3.63) is 36.0 Å². The van der Waals surface area contributed by atoms with Crippen molar-refractivity contribution >= 4 is 6.21 Å². The van der Waals surface area contributed by atoms with Gasteiger partial charge in [0, 0.05) is 6.54 Å². The maximum absolute atomic E-state index is 4.18. The number of hydrogen-bond acceptors (Lipinski definition) is 1. The average Bonchev–Trinajstić information content (AvgIpc) is 2.14. The Labute approximate surface area is 81.6 Å². The Kier molecular flexibility index (Phi) is 8.21. The second-order valence-electron chi connectivity index (χ2n) is 2.68.